The van der Waals surface area contributed by atoms with E-state index in [1.807, 2.05) is 0 Å². The van der Waals surface area contributed by atoms with Gasteiger partial charge in [0.05, 0.1) is 6.54 Å². The Balaban J connectivity index is 0.00000176. The maximum atomic E-state index is 12.1. The van der Waals surface area contributed by atoms with Crippen LogP contribution in [0.2, 0.25) is 0 Å². The topological polar surface area (TPSA) is 44.4 Å². The van der Waals surface area contributed by atoms with Gasteiger partial charge < -0.3 is 10.6 Å². The summed E-state index contributed by atoms with van der Waals surface area (Å²) in [6, 6.07) is 8.31. The highest BCUT2D eigenvalue weighted by Gasteiger charge is 2.40. The van der Waals surface area contributed by atoms with Gasteiger partial charge in [0.25, 0.3) is 0 Å². The van der Waals surface area contributed by atoms with Crippen molar-refractivity contribution in [3.05, 3.63) is 35.4 Å². The van der Waals surface area contributed by atoms with Gasteiger partial charge in [-0.1, -0.05) is 29.8 Å². The third-order valence-electron chi connectivity index (χ3n) is 4.83. The zero-order valence-corrected chi connectivity index (χ0v) is 14.0. The number of hydrogen-bond acceptors (Lipinski definition) is 3. The quantitative estimate of drug-likeness (QED) is 0.887. The van der Waals surface area contributed by atoms with E-state index in [0.29, 0.717) is 18.5 Å². The summed E-state index contributed by atoms with van der Waals surface area (Å²) in [6.45, 7) is 7.61. The van der Waals surface area contributed by atoms with Gasteiger partial charge in [-0.05, 0) is 43.8 Å². The van der Waals surface area contributed by atoms with Crippen LogP contribution in [-0.4, -0.2) is 43.5 Å². The Morgan fingerprint density at radius 1 is 1.32 bits per heavy atom. The monoisotopic (exact) mass is 323 g/mol. The second-order valence-electron chi connectivity index (χ2n) is 6.65. The van der Waals surface area contributed by atoms with Crippen LogP contribution in [0.25, 0.3) is 0 Å². The Bertz CT molecular complexity index is 497. The second-order valence-corrected chi connectivity index (χ2v) is 6.65. The van der Waals surface area contributed by atoms with Crippen molar-refractivity contribution in [2.75, 3.05) is 32.7 Å². The minimum absolute atomic E-state index is 0. The molecule has 5 heteroatoms. The molecule has 4 nitrogen and oxygen atoms in total. The van der Waals surface area contributed by atoms with E-state index in [4.69, 9.17) is 0 Å². The predicted molar refractivity (Wildman–Crippen MR) is 91.3 cm³/mol. The number of rotatable bonds is 4. The molecule has 1 aromatic carbocycles. The van der Waals surface area contributed by atoms with Gasteiger partial charge in [0, 0.05) is 19.6 Å². The molecule has 2 saturated heterocycles. The van der Waals surface area contributed by atoms with Crippen LogP contribution < -0.4 is 10.6 Å². The fraction of sp³-hybridized carbons (Fsp3) is 0.588. The molecule has 0 aliphatic carbocycles. The van der Waals surface area contributed by atoms with Crippen molar-refractivity contribution in [3.63, 3.8) is 0 Å². The van der Waals surface area contributed by atoms with Crippen LogP contribution in [0.4, 0.5) is 0 Å². The van der Waals surface area contributed by atoms with Gasteiger partial charge in [-0.2, -0.15) is 0 Å². The van der Waals surface area contributed by atoms with Crippen molar-refractivity contribution in [1.29, 1.82) is 0 Å². The number of likely N-dealkylation sites (tertiary alicyclic amines) is 1. The molecule has 1 aromatic rings. The third kappa shape index (κ3) is 4.22. The van der Waals surface area contributed by atoms with Crippen LogP contribution in [0.15, 0.2) is 24.3 Å². The minimum atomic E-state index is 0. The largest absolute Gasteiger partial charge is 0.351 e. The lowest BCUT2D eigenvalue weighted by atomic mass is 9.87. The zero-order chi connectivity index (χ0) is 14.7. The number of carbonyl (C=O) groups is 1. The van der Waals surface area contributed by atoms with E-state index in [1.54, 1.807) is 0 Å². The first-order valence-electron chi connectivity index (χ1n) is 7.91. The summed E-state index contributed by atoms with van der Waals surface area (Å²) in [4.78, 5) is 14.4. The van der Waals surface area contributed by atoms with Crippen molar-refractivity contribution in [2.24, 2.45) is 5.41 Å². The standard InChI is InChI=1S/C17H25N3O.ClH/c1-14-2-4-15(5-3-14)10-19-16(21)11-20-9-7-17(13-20)6-8-18-12-17;/h2-5,18H,6-13H2,1H3,(H,19,21);1H. The van der Waals surface area contributed by atoms with E-state index in [2.05, 4.69) is 46.7 Å². The van der Waals surface area contributed by atoms with E-state index < -0.39 is 0 Å². The lowest BCUT2D eigenvalue weighted by Gasteiger charge is -2.22. The lowest BCUT2D eigenvalue weighted by Crippen LogP contribution is -2.37. The molecule has 0 bridgehead atoms. The molecule has 1 unspecified atom stereocenters. The van der Waals surface area contributed by atoms with E-state index >= 15 is 0 Å². The van der Waals surface area contributed by atoms with Gasteiger partial charge in [0.1, 0.15) is 0 Å². The normalized spacial score (nSPS) is 24.4. The van der Waals surface area contributed by atoms with Crippen molar-refractivity contribution in [2.45, 2.75) is 26.3 Å². The predicted octanol–water partition coefficient (Wildman–Crippen LogP) is 1.72. The lowest BCUT2D eigenvalue weighted by molar-refractivity contribution is -0.122. The molecule has 0 radical (unpaired) electrons. The summed E-state index contributed by atoms with van der Waals surface area (Å²) in [7, 11) is 0. The molecule has 2 aliphatic rings. The molecule has 2 fully saturated rings. The Kier molecular flexibility index (Phi) is 5.84. The summed E-state index contributed by atoms with van der Waals surface area (Å²) in [6.07, 6.45) is 2.49. The summed E-state index contributed by atoms with van der Waals surface area (Å²) in [5.74, 6) is 0.138. The van der Waals surface area contributed by atoms with E-state index in [9.17, 15) is 4.79 Å². The Morgan fingerprint density at radius 2 is 2.09 bits per heavy atom. The Hall–Kier alpha value is -1.10. The summed E-state index contributed by atoms with van der Waals surface area (Å²) in [5, 5.41) is 6.48. The molecular formula is C17H26ClN3O. The summed E-state index contributed by atoms with van der Waals surface area (Å²) >= 11 is 0. The number of carbonyl (C=O) groups excluding carboxylic acids is 1. The molecular weight excluding hydrogens is 298 g/mol. The van der Waals surface area contributed by atoms with Crippen molar-refractivity contribution in [1.82, 2.24) is 15.5 Å². The molecule has 1 atom stereocenters. The van der Waals surface area contributed by atoms with Gasteiger partial charge in [-0.3, -0.25) is 9.69 Å². The average molecular weight is 324 g/mol. The fourth-order valence-corrected chi connectivity index (χ4v) is 3.47. The molecule has 2 aliphatic heterocycles. The highest BCUT2D eigenvalue weighted by molar-refractivity contribution is 5.85. The Morgan fingerprint density at radius 3 is 2.77 bits per heavy atom. The maximum Gasteiger partial charge on any atom is 0.234 e. The third-order valence-corrected chi connectivity index (χ3v) is 4.83. The van der Waals surface area contributed by atoms with Crippen LogP contribution in [0.3, 0.4) is 0 Å². The fourth-order valence-electron chi connectivity index (χ4n) is 3.47. The minimum Gasteiger partial charge on any atom is -0.351 e. The highest BCUT2D eigenvalue weighted by atomic mass is 35.5. The summed E-state index contributed by atoms with van der Waals surface area (Å²) < 4.78 is 0. The smallest absolute Gasteiger partial charge is 0.234 e. The first kappa shape index (κ1) is 17.3. The number of aryl methyl sites for hydroxylation is 1. The highest BCUT2D eigenvalue weighted by Crippen LogP contribution is 2.35. The number of nitrogens with zero attached hydrogens (tertiary/aromatic N) is 1. The van der Waals surface area contributed by atoms with Gasteiger partial charge in [0.15, 0.2) is 0 Å². The van der Waals surface area contributed by atoms with Crippen LogP contribution in [0, 0.1) is 12.3 Å². The van der Waals surface area contributed by atoms with Crippen LogP contribution >= 0.6 is 12.4 Å². The molecule has 122 valence electrons. The second kappa shape index (κ2) is 7.44. The molecule has 0 aromatic heterocycles. The van der Waals surface area contributed by atoms with Gasteiger partial charge in [-0.15, -0.1) is 12.4 Å². The average Bonchev–Trinajstić information content (AvgIpc) is 3.09. The van der Waals surface area contributed by atoms with Crippen molar-refractivity contribution >= 4 is 18.3 Å². The molecule has 3 rings (SSSR count). The SMILES string of the molecule is Cc1ccc(CNC(=O)CN2CCC3(CCNC3)C2)cc1.Cl. The van der Waals surface area contributed by atoms with E-state index in [-0.39, 0.29) is 18.3 Å². The maximum absolute atomic E-state index is 12.1. The molecule has 1 spiro atoms. The van der Waals surface area contributed by atoms with E-state index in [1.165, 1.54) is 18.4 Å². The zero-order valence-electron chi connectivity index (χ0n) is 13.2. The van der Waals surface area contributed by atoms with Crippen LogP contribution in [-0.2, 0) is 11.3 Å². The number of hydrogen-bond donors (Lipinski definition) is 2. The van der Waals surface area contributed by atoms with Crippen molar-refractivity contribution in [3.8, 4) is 0 Å². The number of nitrogens with one attached hydrogen (secondary N) is 2. The Labute approximate surface area is 139 Å². The molecule has 22 heavy (non-hydrogen) atoms. The summed E-state index contributed by atoms with van der Waals surface area (Å²) in [5.41, 5.74) is 2.85. The first-order valence-corrected chi connectivity index (χ1v) is 7.91. The molecule has 2 heterocycles. The number of amides is 1. The molecule has 0 saturated carbocycles. The first-order chi connectivity index (χ1) is 10.2. The number of benzene rings is 1. The van der Waals surface area contributed by atoms with Crippen LogP contribution in [0.5, 0.6) is 0 Å². The van der Waals surface area contributed by atoms with Gasteiger partial charge in [-0.25, -0.2) is 0 Å². The van der Waals surface area contributed by atoms with E-state index in [0.717, 1.165) is 31.7 Å². The van der Waals surface area contributed by atoms with Gasteiger partial charge >= 0.3 is 0 Å². The van der Waals surface area contributed by atoms with Gasteiger partial charge in [0.2, 0.25) is 5.91 Å². The molecule has 2 N–H and O–H groups in total. The van der Waals surface area contributed by atoms with Crippen LogP contribution in [0.1, 0.15) is 24.0 Å². The molecule has 1 amide bonds. The van der Waals surface area contributed by atoms with Crippen molar-refractivity contribution < 1.29 is 4.79 Å². The number of halogens is 1.